The van der Waals surface area contributed by atoms with E-state index in [1.165, 1.54) is 4.90 Å². The highest BCUT2D eigenvalue weighted by molar-refractivity contribution is 9.10. The van der Waals surface area contributed by atoms with E-state index in [-0.39, 0.29) is 18.9 Å². The number of aryl methyl sites for hydroxylation is 1. The van der Waals surface area contributed by atoms with Crippen molar-refractivity contribution in [3.8, 4) is 0 Å². The zero-order valence-corrected chi connectivity index (χ0v) is 14.6. The third-order valence-corrected chi connectivity index (χ3v) is 4.71. The van der Waals surface area contributed by atoms with E-state index in [1.807, 2.05) is 25.1 Å². The van der Waals surface area contributed by atoms with Crippen molar-refractivity contribution < 1.29 is 14.7 Å². The summed E-state index contributed by atoms with van der Waals surface area (Å²) < 4.78 is 2.06. The van der Waals surface area contributed by atoms with Crippen molar-refractivity contribution in [2.75, 3.05) is 13.1 Å². The lowest BCUT2D eigenvalue weighted by atomic mass is 10.2. The molecule has 0 aliphatic rings. The Morgan fingerprint density at radius 1 is 1.41 bits per heavy atom. The molecule has 0 aliphatic carbocycles. The molecule has 1 aromatic heterocycles. The van der Waals surface area contributed by atoms with Gasteiger partial charge in [-0.15, -0.1) is 11.3 Å². The molecule has 118 valence electrons. The van der Waals surface area contributed by atoms with Gasteiger partial charge in [-0.3, -0.25) is 9.59 Å². The first-order chi connectivity index (χ1) is 10.5. The van der Waals surface area contributed by atoms with Gasteiger partial charge >= 0.3 is 5.97 Å². The van der Waals surface area contributed by atoms with Crippen LogP contribution in [0.3, 0.4) is 0 Å². The average molecular weight is 385 g/mol. The quantitative estimate of drug-likeness (QED) is 0.794. The van der Waals surface area contributed by atoms with Crippen LogP contribution in [0.15, 0.2) is 22.7 Å². The molecule has 5 nitrogen and oxygen atoms in total. The lowest BCUT2D eigenvalue weighted by Gasteiger charge is -2.19. The number of benzene rings is 1. The Morgan fingerprint density at radius 3 is 2.86 bits per heavy atom. The Bertz CT molecular complexity index is 686. The number of hydrogen-bond donors (Lipinski definition) is 1. The summed E-state index contributed by atoms with van der Waals surface area (Å²) in [6.07, 6.45) is 1.57. The smallest absolute Gasteiger partial charge is 0.323 e. The van der Waals surface area contributed by atoms with Crippen molar-refractivity contribution in [3.05, 3.63) is 27.7 Å². The third-order valence-electron chi connectivity index (χ3n) is 3.12. The van der Waals surface area contributed by atoms with E-state index in [0.29, 0.717) is 13.0 Å². The number of thiazole rings is 1. The minimum Gasteiger partial charge on any atom is -0.480 e. The van der Waals surface area contributed by atoms with Crippen LogP contribution in [0.25, 0.3) is 10.2 Å². The fourth-order valence-corrected chi connectivity index (χ4v) is 3.45. The number of rotatable bonds is 7. The van der Waals surface area contributed by atoms with Gasteiger partial charge in [-0.2, -0.15) is 0 Å². The number of amides is 1. The first kappa shape index (κ1) is 16.9. The number of fused-ring (bicyclic) bond motifs is 1. The zero-order chi connectivity index (χ0) is 16.1. The minimum atomic E-state index is -0.980. The fourth-order valence-electron chi connectivity index (χ4n) is 2.15. The van der Waals surface area contributed by atoms with Crippen LogP contribution in [0.4, 0.5) is 0 Å². The van der Waals surface area contributed by atoms with Crippen LogP contribution in [0, 0.1) is 0 Å². The first-order valence-electron chi connectivity index (χ1n) is 7.04. The average Bonchev–Trinajstić information content (AvgIpc) is 2.85. The number of aliphatic carboxylic acids is 1. The molecule has 1 amide bonds. The molecular formula is C15H17BrN2O3S. The summed E-state index contributed by atoms with van der Waals surface area (Å²) >= 11 is 4.98. The van der Waals surface area contributed by atoms with E-state index >= 15 is 0 Å². The molecule has 0 radical (unpaired) electrons. The Labute approximate surface area is 141 Å². The molecule has 0 fully saturated rings. The number of halogens is 1. The van der Waals surface area contributed by atoms with Crippen LogP contribution in [-0.4, -0.2) is 40.0 Å². The molecule has 0 saturated heterocycles. The van der Waals surface area contributed by atoms with E-state index < -0.39 is 5.97 Å². The molecule has 2 aromatic rings. The molecule has 0 atom stereocenters. The molecule has 0 saturated carbocycles. The molecule has 2 rings (SSSR count). The molecule has 1 N–H and O–H groups in total. The standard InChI is InChI=1S/C15H17BrN2O3S/c1-2-7-18(9-15(20)21)14(19)6-5-13-17-11-8-10(16)3-4-12(11)22-13/h3-4,8H,2,5-7,9H2,1H3,(H,20,21). The van der Waals surface area contributed by atoms with Gasteiger partial charge in [0.1, 0.15) is 6.54 Å². The molecule has 1 heterocycles. The number of carbonyl (C=O) groups excluding carboxylic acids is 1. The zero-order valence-electron chi connectivity index (χ0n) is 12.2. The van der Waals surface area contributed by atoms with Gasteiger partial charge in [-0.1, -0.05) is 22.9 Å². The van der Waals surface area contributed by atoms with Gasteiger partial charge in [0.2, 0.25) is 5.91 Å². The number of carboxylic acids is 1. The van der Waals surface area contributed by atoms with E-state index in [0.717, 1.165) is 26.1 Å². The van der Waals surface area contributed by atoms with E-state index in [1.54, 1.807) is 11.3 Å². The van der Waals surface area contributed by atoms with Crippen molar-refractivity contribution in [1.29, 1.82) is 0 Å². The van der Waals surface area contributed by atoms with Gasteiger partial charge in [0, 0.05) is 23.9 Å². The van der Waals surface area contributed by atoms with Crippen LogP contribution < -0.4 is 0 Å². The lowest BCUT2D eigenvalue weighted by Crippen LogP contribution is -2.36. The summed E-state index contributed by atoms with van der Waals surface area (Å²) in [4.78, 5) is 28.9. The van der Waals surface area contributed by atoms with Gasteiger partial charge in [-0.25, -0.2) is 4.98 Å². The maximum absolute atomic E-state index is 12.1. The summed E-state index contributed by atoms with van der Waals surface area (Å²) in [5, 5.41) is 9.75. The number of carbonyl (C=O) groups is 2. The van der Waals surface area contributed by atoms with Crippen LogP contribution in [0.1, 0.15) is 24.8 Å². The molecule has 0 unspecified atom stereocenters. The SMILES string of the molecule is CCCN(CC(=O)O)C(=O)CCc1nc2cc(Br)ccc2s1. The van der Waals surface area contributed by atoms with Crippen LogP contribution >= 0.6 is 27.3 Å². The maximum Gasteiger partial charge on any atom is 0.323 e. The van der Waals surface area contributed by atoms with Crippen LogP contribution in [0.2, 0.25) is 0 Å². The molecule has 0 aliphatic heterocycles. The predicted octanol–water partition coefficient (Wildman–Crippen LogP) is 3.31. The molecule has 0 bridgehead atoms. The predicted molar refractivity (Wildman–Crippen MR) is 90.1 cm³/mol. The number of carboxylic acid groups (broad SMARTS) is 1. The third kappa shape index (κ3) is 4.51. The highest BCUT2D eigenvalue weighted by Gasteiger charge is 2.16. The van der Waals surface area contributed by atoms with Crippen molar-refractivity contribution in [2.24, 2.45) is 0 Å². The highest BCUT2D eigenvalue weighted by atomic mass is 79.9. The Balaban J connectivity index is 2.00. The molecule has 7 heteroatoms. The minimum absolute atomic E-state index is 0.135. The Hall–Kier alpha value is -1.47. The van der Waals surface area contributed by atoms with Crippen molar-refractivity contribution in [2.45, 2.75) is 26.2 Å². The van der Waals surface area contributed by atoms with Crippen LogP contribution in [-0.2, 0) is 16.0 Å². The molecule has 22 heavy (non-hydrogen) atoms. The van der Waals surface area contributed by atoms with Gasteiger partial charge in [-0.05, 0) is 24.6 Å². The second-order valence-corrected chi connectivity index (χ2v) is 6.96. The monoisotopic (exact) mass is 384 g/mol. The number of hydrogen-bond acceptors (Lipinski definition) is 4. The van der Waals surface area contributed by atoms with Crippen molar-refractivity contribution in [3.63, 3.8) is 0 Å². The summed E-state index contributed by atoms with van der Waals surface area (Å²) in [5.74, 6) is -1.11. The summed E-state index contributed by atoms with van der Waals surface area (Å²) in [5.41, 5.74) is 0.915. The van der Waals surface area contributed by atoms with E-state index in [9.17, 15) is 9.59 Å². The van der Waals surface area contributed by atoms with Gasteiger partial charge in [0.25, 0.3) is 0 Å². The van der Waals surface area contributed by atoms with Crippen molar-refractivity contribution in [1.82, 2.24) is 9.88 Å². The van der Waals surface area contributed by atoms with Crippen molar-refractivity contribution >= 4 is 49.4 Å². The van der Waals surface area contributed by atoms with Gasteiger partial charge in [0.05, 0.1) is 15.2 Å². The largest absolute Gasteiger partial charge is 0.480 e. The van der Waals surface area contributed by atoms with Gasteiger partial charge < -0.3 is 10.0 Å². The first-order valence-corrected chi connectivity index (χ1v) is 8.65. The Morgan fingerprint density at radius 2 is 2.18 bits per heavy atom. The fraction of sp³-hybridized carbons (Fsp3) is 0.400. The summed E-state index contributed by atoms with van der Waals surface area (Å²) in [6, 6.07) is 5.91. The number of nitrogens with zero attached hydrogens (tertiary/aromatic N) is 2. The second kappa shape index (κ2) is 7.69. The lowest BCUT2D eigenvalue weighted by molar-refractivity contribution is -0.144. The highest BCUT2D eigenvalue weighted by Crippen LogP contribution is 2.25. The van der Waals surface area contributed by atoms with Gasteiger partial charge in [0.15, 0.2) is 0 Å². The normalized spacial score (nSPS) is 10.8. The maximum atomic E-state index is 12.1. The summed E-state index contributed by atoms with van der Waals surface area (Å²) in [6.45, 7) is 2.16. The molecule has 1 aromatic carbocycles. The Kier molecular flexibility index (Phi) is 5.90. The van der Waals surface area contributed by atoms with Crippen LogP contribution in [0.5, 0.6) is 0 Å². The molecule has 0 spiro atoms. The number of aromatic nitrogens is 1. The summed E-state index contributed by atoms with van der Waals surface area (Å²) in [7, 11) is 0. The topological polar surface area (TPSA) is 70.5 Å². The molecular weight excluding hydrogens is 368 g/mol. The van der Waals surface area contributed by atoms with E-state index in [4.69, 9.17) is 5.11 Å². The van der Waals surface area contributed by atoms with E-state index in [2.05, 4.69) is 20.9 Å². The second-order valence-electron chi connectivity index (χ2n) is 4.93.